The van der Waals surface area contributed by atoms with Gasteiger partial charge in [-0.3, -0.25) is 14.4 Å². The summed E-state index contributed by atoms with van der Waals surface area (Å²) < 4.78 is 11.5. The lowest BCUT2D eigenvalue weighted by atomic mass is 10.1. The topological polar surface area (TPSA) is 119 Å². The van der Waals surface area contributed by atoms with Crippen LogP contribution in [0.4, 0.5) is 10.8 Å². The van der Waals surface area contributed by atoms with Crippen molar-refractivity contribution in [3.8, 4) is 11.5 Å². The van der Waals surface area contributed by atoms with Crippen molar-refractivity contribution in [3.63, 3.8) is 0 Å². The fraction of sp³-hybridized carbons (Fsp3) is 0.118. The highest BCUT2D eigenvalue weighted by atomic mass is 32.2. The highest BCUT2D eigenvalue weighted by Gasteiger charge is 2.18. The number of hydrogen-bond donors (Lipinski definition) is 3. The van der Waals surface area contributed by atoms with E-state index in [0.717, 1.165) is 20.9 Å². The number of benzene rings is 4. The van der Waals surface area contributed by atoms with E-state index in [1.165, 1.54) is 23.1 Å². The molecule has 5 aromatic rings. The van der Waals surface area contributed by atoms with Crippen LogP contribution < -0.4 is 25.4 Å². The Hall–Kier alpha value is -5.13. The van der Waals surface area contributed by atoms with Crippen molar-refractivity contribution in [2.24, 2.45) is 0 Å². The maximum atomic E-state index is 13.4. The Bertz CT molecular complexity index is 1860. The fourth-order valence-electron chi connectivity index (χ4n) is 4.21. The molecular formula is C34H30N4O5S2. The van der Waals surface area contributed by atoms with Crippen molar-refractivity contribution < 1.29 is 23.9 Å². The monoisotopic (exact) mass is 638 g/mol. The van der Waals surface area contributed by atoms with Crippen LogP contribution in [-0.4, -0.2) is 42.2 Å². The molecule has 1 aromatic heterocycles. The summed E-state index contributed by atoms with van der Waals surface area (Å²) in [6, 6.07) is 28.5. The Morgan fingerprint density at radius 2 is 1.58 bits per heavy atom. The number of aromatic nitrogens is 1. The first kappa shape index (κ1) is 31.3. The molecule has 1 unspecified atom stereocenters. The van der Waals surface area contributed by atoms with E-state index in [0.29, 0.717) is 27.7 Å². The number of nitrogens with zero attached hydrogens (tertiary/aromatic N) is 1. The quantitative estimate of drug-likeness (QED) is 0.107. The third-order valence-corrected chi connectivity index (χ3v) is 8.60. The van der Waals surface area contributed by atoms with Crippen molar-refractivity contribution in [2.45, 2.75) is 17.1 Å². The number of methoxy groups -OCH3 is 2. The third kappa shape index (κ3) is 8.28. The lowest BCUT2D eigenvalue weighted by molar-refractivity contribution is -0.115. The molecule has 3 amide bonds. The zero-order valence-electron chi connectivity index (χ0n) is 24.7. The maximum Gasteiger partial charge on any atom is 0.272 e. The molecule has 0 saturated heterocycles. The summed E-state index contributed by atoms with van der Waals surface area (Å²) in [5.41, 5.74) is 2.48. The zero-order chi connectivity index (χ0) is 31.8. The SMILES string of the molecule is COc1cccc(/C=C(\NC(=O)c2ccccc2)C(=O)Nc2ccc(SC(C)C(=O)Nc3nc4ccc(OC)cc4s3)cc2)c1. The molecule has 0 fully saturated rings. The molecule has 3 N–H and O–H groups in total. The van der Waals surface area contributed by atoms with Crippen LogP contribution in [0.1, 0.15) is 22.8 Å². The second kappa shape index (κ2) is 14.6. The first-order valence-electron chi connectivity index (χ1n) is 13.9. The molecule has 0 aliphatic carbocycles. The lowest BCUT2D eigenvalue weighted by Gasteiger charge is -2.13. The molecule has 0 bridgehead atoms. The minimum Gasteiger partial charge on any atom is -0.497 e. The second-order valence-electron chi connectivity index (χ2n) is 9.74. The first-order valence-corrected chi connectivity index (χ1v) is 15.6. The summed E-state index contributed by atoms with van der Waals surface area (Å²) in [5.74, 6) is 0.265. The van der Waals surface area contributed by atoms with Crippen molar-refractivity contribution in [2.75, 3.05) is 24.9 Å². The zero-order valence-corrected chi connectivity index (χ0v) is 26.3. The molecule has 45 heavy (non-hydrogen) atoms. The van der Waals surface area contributed by atoms with E-state index in [2.05, 4.69) is 20.9 Å². The van der Waals surface area contributed by atoms with E-state index in [-0.39, 0.29) is 11.6 Å². The van der Waals surface area contributed by atoms with Crippen LogP contribution in [0.5, 0.6) is 11.5 Å². The van der Waals surface area contributed by atoms with E-state index >= 15 is 0 Å². The van der Waals surface area contributed by atoms with Gasteiger partial charge in [-0.05, 0) is 85.3 Å². The minimum atomic E-state index is -0.497. The number of carbonyl (C=O) groups excluding carboxylic acids is 3. The maximum absolute atomic E-state index is 13.4. The predicted octanol–water partition coefficient (Wildman–Crippen LogP) is 6.84. The van der Waals surface area contributed by atoms with Crippen LogP contribution in [0.2, 0.25) is 0 Å². The summed E-state index contributed by atoms with van der Waals surface area (Å²) in [5, 5.41) is 8.59. The van der Waals surface area contributed by atoms with Crippen molar-refractivity contribution in [3.05, 3.63) is 114 Å². The highest BCUT2D eigenvalue weighted by Crippen LogP contribution is 2.31. The number of thiazole rings is 1. The molecule has 5 rings (SSSR count). The molecule has 1 heterocycles. The Kier molecular flexibility index (Phi) is 10.1. The molecule has 4 aromatic carbocycles. The molecule has 0 aliphatic rings. The van der Waals surface area contributed by atoms with Gasteiger partial charge in [-0.1, -0.05) is 41.7 Å². The molecular weight excluding hydrogens is 609 g/mol. The number of hydrogen-bond acceptors (Lipinski definition) is 8. The van der Waals surface area contributed by atoms with Crippen molar-refractivity contribution >= 4 is 67.9 Å². The highest BCUT2D eigenvalue weighted by molar-refractivity contribution is 8.00. The van der Waals surface area contributed by atoms with Gasteiger partial charge in [-0.15, -0.1) is 11.8 Å². The summed E-state index contributed by atoms with van der Waals surface area (Å²) in [6.07, 6.45) is 1.59. The van der Waals surface area contributed by atoms with Gasteiger partial charge < -0.3 is 25.4 Å². The average Bonchev–Trinajstić information content (AvgIpc) is 3.47. The Balaban J connectivity index is 1.24. The van der Waals surface area contributed by atoms with E-state index in [1.54, 1.807) is 74.9 Å². The van der Waals surface area contributed by atoms with Crippen molar-refractivity contribution in [1.82, 2.24) is 10.3 Å². The van der Waals surface area contributed by atoms with Gasteiger partial charge in [0.2, 0.25) is 5.91 Å². The number of anilines is 2. The van der Waals surface area contributed by atoms with E-state index in [4.69, 9.17) is 9.47 Å². The Morgan fingerprint density at radius 1 is 0.844 bits per heavy atom. The summed E-state index contributed by atoms with van der Waals surface area (Å²) in [4.78, 5) is 44.5. The number of thioether (sulfide) groups is 1. The minimum absolute atomic E-state index is 0.0640. The van der Waals surface area contributed by atoms with Crippen LogP contribution in [0.25, 0.3) is 16.3 Å². The Morgan fingerprint density at radius 3 is 2.31 bits per heavy atom. The lowest BCUT2D eigenvalue weighted by Crippen LogP contribution is -2.30. The second-order valence-corrected chi connectivity index (χ2v) is 12.2. The number of ether oxygens (including phenoxy) is 2. The molecule has 0 spiro atoms. The normalized spacial score (nSPS) is 11.8. The van der Waals surface area contributed by atoms with Gasteiger partial charge in [-0.2, -0.15) is 0 Å². The van der Waals surface area contributed by atoms with Gasteiger partial charge in [0.1, 0.15) is 17.2 Å². The molecule has 0 aliphatic heterocycles. The van der Waals surface area contributed by atoms with E-state index < -0.39 is 17.1 Å². The summed E-state index contributed by atoms with van der Waals surface area (Å²) >= 11 is 2.76. The largest absolute Gasteiger partial charge is 0.497 e. The van der Waals surface area contributed by atoms with Crippen molar-refractivity contribution in [1.29, 1.82) is 0 Å². The van der Waals surface area contributed by atoms with Gasteiger partial charge in [0.05, 0.1) is 29.7 Å². The van der Waals surface area contributed by atoms with Gasteiger partial charge >= 0.3 is 0 Å². The van der Waals surface area contributed by atoms with E-state index in [9.17, 15) is 14.4 Å². The van der Waals surface area contributed by atoms with Gasteiger partial charge in [0.15, 0.2) is 5.13 Å². The molecule has 0 saturated carbocycles. The molecule has 9 nitrogen and oxygen atoms in total. The molecule has 1 atom stereocenters. The fourth-order valence-corrected chi connectivity index (χ4v) is 5.97. The summed E-state index contributed by atoms with van der Waals surface area (Å²) in [6.45, 7) is 1.82. The Labute approximate surface area is 268 Å². The number of fused-ring (bicyclic) bond motifs is 1. The number of carbonyl (C=O) groups is 3. The van der Waals surface area contributed by atoms with Gasteiger partial charge in [-0.25, -0.2) is 4.98 Å². The smallest absolute Gasteiger partial charge is 0.272 e. The van der Waals surface area contributed by atoms with Gasteiger partial charge in [0.25, 0.3) is 11.8 Å². The first-order chi connectivity index (χ1) is 21.8. The van der Waals surface area contributed by atoms with Crippen LogP contribution >= 0.6 is 23.1 Å². The van der Waals surface area contributed by atoms with Gasteiger partial charge in [0, 0.05) is 16.1 Å². The molecule has 11 heteroatoms. The molecule has 0 radical (unpaired) electrons. The third-order valence-electron chi connectivity index (χ3n) is 6.55. The van der Waals surface area contributed by atoms with Crippen LogP contribution in [0.15, 0.2) is 108 Å². The van der Waals surface area contributed by atoms with E-state index in [1.807, 2.05) is 49.4 Å². The standard InChI is InChI=1S/C34H30N4O5S2/c1-21(31(39)38-34-37-28-17-14-26(43-3)20-30(28)45-34)44-27-15-12-24(13-16-27)35-33(41)29(19-22-8-7-11-25(18-22)42-2)36-32(40)23-9-5-4-6-10-23/h4-21H,1-3H3,(H,35,41)(H,36,40)(H,37,38,39)/b29-19-. The number of amides is 3. The number of rotatable bonds is 11. The van der Waals surface area contributed by atoms with Crippen LogP contribution in [-0.2, 0) is 9.59 Å². The predicted molar refractivity (Wildman–Crippen MR) is 180 cm³/mol. The summed E-state index contributed by atoms with van der Waals surface area (Å²) in [7, 11) is 3.16. The van der Waals surface area contributed by atoms with Crippen LogP contribution in [0.3, 0.4) is 0 Å². The number of nitrogens with one attached hydrogen (secondary N) is 3. The average molecular weight is 639 g/mol. The van der Waals surface area contributed by atoms with Crippen LogP contribution in [0, 0.1) is 0 Å². The molecule has 228 valence electrons.